The highest BCUT2D eigenvalue weighted by Gasteiger charge is 2.62. The highest BCUT2D eigenvalue weighted by molar-refractivity contribution is 5.81. The van der Waals surface area contributed by atoms with Gasteiger partial charge in [-0.25, -0.2) is 0 Å². The van der Waals surface area contributed by atoms with Gasteiger partial charge in [0.25, 0.3) is 0 Å². The fraction of sp³-hybridized carbons (Fsp3) is 0.208. The zero-order chi connectivity index (χ0) is 20.4. The lowest BCUT2D eigenvalue weighted by Gasteiger charge is -2.53. The number of para-hydroxylation sites is 2. The molecule has 0 saturated carbocycles. The van der Waals surface area contributed by atoms with Gasteiger partial charge in [-0.05, 0) is 41.3 Å². The molecule has 0 amide bonds. The van der Waals surface area contributed by atoms with Crippen molar-refractivity contribution >= 4 is 5.97 Å². The number of aryl methyl sites for hydroxylation is 1. The molecule has 29 heavy (non-hydrogen) atoms. The summed E-state index contributed by atoms with van der Waals surface area (Å²) in [6.45, 7) is 1.92. The summed E-state index contributed by atoms with van der Waals surface area (Å²) >= 11 is 0. The Balaban J connectivity index is 1.68. The lowest BCUT2D eigenvalue weighted by Crippen LogP contribution is -2.57. The summed E-state index contributed by atoms with van der Waals surface area (Å²) in [6, 6.07) is 18.8. The number of fused-ring (bicyclic) bond motifs is 1. The van der Waals surface area contributed by atoms with E-state index in [1.54, 1.807) is 36.4 Å². The number of aliphatic hydroxyl groups is 2. The number of carbonyl (C=O) groups is 1. The van der Waals surface area contributed by atoms with E-state index >= 15 is 0 Å². The maximum absolute atomic E-state index is 13.1. The van der Waals surface area contributed by atoms with Crippen LogP contribution < -0.4 is 4.74 Å². The lowest BCUT2D eigenvalue weighted by atomic mass is 9.54. The standard InChI is InChI=1S/C24H20O5/c1-14-10-11-17-18(12-14)23(27)13-19(22(26)29-21-9-5-4-8-20(21)25)24(17,28)16-7-3-2-6-15(16)23/h2-12,19,25,27-28H,13H2,1H3. The molecule has 6 rings (SSSR count). The van der Waals surface area contributed by atoms with Crippen LogP contribution in [-0.4, -0.2) is 21.3 Å². The molecule has 3 atom stereocenters. The third-order valence-electron chi connectivity index (χ3n) is 6.18. The molecule has 0 aromatic heterocycles. The van der Waals surface area contributed by atoms with E-state index in [0.29, 0.717) is 22.3 Å². The van der Waals surface area contributed by atoms with Crippen LogP contribution in [0.15, 0.2) is 66.7 Å². The fourth-order valence-electron chi connectivity index (χ4n) is 4.81. The summed E-state index contributed by atoms with van der Waals surface area (Å²) in [6.07, 6.45) is -0.0105. The molecular weight excluding hydrogens is 368 g/mol. The molecule has 3 aromatic rings. The first kappa shape index (κ1) is 17.9. The van der Waals surface area contributed by atoms with Gasteiger partial charge in [0.15, 0.2) is 11.5 Å². The molecule has 0 spiro atoms. The molecule has 0 saturated heterocycles. The van der Waals surface area contributed by atoms with Crippen molar-refractivity contribution in [3.63, 3.8) is 0 Å². The maximum atomic E-state index is 13.1. The van der Waals surface area contributed by atoms with Crippen LogP contribution in [0.25, 0.3) is 0 Å². The smallest absolute Gasteiger partial charge is 0.318 e. The van der Waals surface area contributed by atoms with Crippen molar-refractivity contribution in [2.24, 2.45) is 5.92 Å². The molecule has 5 heteroatoms. The van der Waals surface area contributed by atoms with Crippen molar-refractivity contribution in [3.05, 3.63) is 94.5 Å². The van der Waals surface area contributed by atoms with Gasteiger partial charge < -0.3 is 20.1 Å². The van der Waals surface area contributed by atoms with Crippen LogP contribution in [0, 0.1) is 12.8 Å². The average molecular weight is 388 g/mol. The van der Waals surface area contributed by atoms with Crippen molar-refractivity contribution in [1.82, 2.24) is 0 Å². The molecule has 3 aliphatic carbocycles. The van der Waals surface area contributed by atoms with Crippen molar-refractivity contribution in [1.29, 1.82) is 0 Å². The number of hydrogen-bond donors (Lipinski definition) is 3. The minimum absolute atomic E-state index is 0.0105. The van der Waals surface area contributed by atoms with Gasteiger partial charge >= 0.3 is 5.97 Å². The summed E-state index contributed by atoms with van der Waals surface area (Å²) in [5, 5.41) is 33.6. The van der Waals surface area contributed by atoms with E-state index in [9.17, 15) is 20.1 Å². The van der Waals surface area contributed by atoms with Gasteiger partial charge in [0.2, 0.25) is 0 Å². The number of esters is 1. The quantitative estimate of drug-likeness (QED) is 0.464. The maximum Gasteiger partial charge on any atom is 0.318 e. The average Bonchev–Trinajstić information content (AvgIpc) is 2.71. The second-order valence-corrected chi connectivity index (χ2v) is 7.87. The van der Waals surface area contributed by atoms with E-state index in [4.69, 9.17) is 4.74 Å². The topological polar surface area (TPSA) is 87.0 Å². The van der Waals surface area contributed by atoms with E-state index in [-0.39, 0.29) is 17.9 Å². The Morgan fingerprint density at radius 2 is 1.59 bits per heavy atom. The molecule has 0 radical (unpaired) electrons. The summed E-state index contributed by atoms with van der Waals surface area (Å²) in [5.41, 5.74) is 0.145. The first-order chi connectivity index (χ1) is 13.9. The Labute approximate surface area is 167 Å². The number of phenolic OH excluding ortho intramolecular Hbond substituents is 1. The van der Waals surface area contributed by atoms with Crippen molar-refractivity contribution in [2.75, 3.05) is 0 Å². The number of phenols is 1. The molecule has 3 aliphatic rings. The summed E-state index contributed by atoms with van der Waals surface area (Å²) in [5.74, 6) is -1.87. The van der Waals surface area contributed by atoms with Gasteiger partial charge in [-0.3, -0.25) is 4.79 Å². The Hall–Kier alpha value is -3.15. The molecule has 3 unspecified atom stereocenters. The van der Waals surface area contributed by atoms with E-state index in [0.717, 1.165) is 5.56 Å². The molecule has 3 aromatic carbocycles. The summed E-state index contributed by atoms with van der Waals surface area (Å²) in [7, 11) is 0. The van der Waals surface area contributed by atoms with Gasteiger partial charge in [-0.1, -0.05) is 60.2 Å². The zero-order valence-electron chi connectivity index (χ0n) is 15.8. The van der Waals surface area contributed by atoms with Crippen LogP contribution in [0.3, 0.4) is 0 Å². The number of aromatic hydroxyl groups is 1. The predicted octanol–water partition coefficient (Wildman–Crippen LogP) is 3.11. The number of benzene rings is 3. The Kier molecular flexibility index (Phi) is 3.66. The first-order valence-corrected chi connectivity index (χ1v) is 9.52. The summed E-state index contributed by atoms with van der Waals surface area (Å²) in [4.78, 5) is 13.1. The summed E-state index contributed by atoms with van der Waals surface area (Å²) < 4.78 is 5.44. The predicted molar refractivity (Wildman–Crippen MR) is 105 cm³/mol. The Morgan fingerprint density at radius 3 is 2.34 bits per heavy atom. The monoisotopic (exact) mass is 388 g/mol. The van der Waals surface area contributed by atoms with Gasteiger partial charge in [0.1, 0.15) is 11.2 Å². The number of hydrogen-bond acceptors (Lipinski definition) is 5. The van der Waals surface area contributed by atoms with E-state index in [1.807, 2.05) is 25.1 Å². The SMILES string of the molecule is Cc1ccc2c(c1)C1(O)CC(C(=O)Oc3ccccc3O)C2(O)c2ccccc21. The molecule has 0 fully saturated rings. The van der Waals surface area contributed by atoms with Gasteiger partial charge in [0, 0.05) is 6.42 Å². The van der Waals surface area contributed by atoms with Gasteiger partial charge in [0.05, 0.1) is 5.92 Å². The largest absolute Gasteiger partial charge is 0.504 e. The first-order valence-electron chi connectivity index (χ1n) is 9.52. The highest BCUT2D eigenvalue weighted by atomic mass is 16.5. The minimum atomic E-state index is -1.63. The fourth-order valence-corrected chi connectivity index (χ4v) is 4.81. The second kappa shape index (κ2) is 5.92. The van der Waals surface area contributed by atoms with Crippen molar-refractivity contribution < 1.29 is 24.9 Å². The van der Waals surface area contributed by atoms with Crippen LogP contribution in [0.5, 0.6) is 11.5 Å². The molecule has 2 bridgehead atoms. The molecule has 146 valence electrons. The van der Waals surface area contributed by atoms with E-state index in [2.05, 4.69) is 0 Å². The van der Waals surface area contributed by atoms with Crippen LogP contribution in [0.2, 0.25) is 0 Å². The van der Waals surface area contributed by atoms with Gasteiger partial charge in [-0.15, -0.1) is 0 Å². The molecule has 3 N–H and O–H groups in total. The third kappa shape index (κ3) is 2.32. The lowest BCUT2D eigenvalue weighted by molar-refractivity contribution is -0.157. The molecule has 0 aliphatic heterocycles. The molecule has 5 nitrogen and oxygen atoms in total. The minimum Gasteiger partial charge on any atom is -0.504 e. The van der Waals surface area contributed by atoms with E-state index in [1.165, 1.54) is 12.1 Å². The number of rotatable bonds is 2. The zero-order valence-corrected chi connectivity index (χ0v) is 15.8. The second-order valence-electron chi connectivity index (χ2n) is 7.87. The molecule has 0 heterocycles. The van der Waals surface area contributed by atoms with Crippen molar-refractivity contribution in [2.45, 2.75) is 24.5 Å². The Morgan fingerprint density at radius 1 is 0.931 bits per heavy atom. The van der Waals surface area contributed by atoms with E-state index < -0.39 is 23.1 Å². The van der Waals surface area contributed by atoms with Crippen LogP contribution in [-0.2, 0) is 16.0 Å². The Bertz CT molecular complexity index is 1150. The third-order valence-corrected chi connectivity index (χ3v) is 6.18. The van der Waals surface area contributed by atoms with Gasteiger partial charge in [-0.2, -0.15) is 0 Å². The molecular formula is C24H20O5. The van der Waals surface area contributed by atoms with Crippen molar-refractivity contribution in [3.8, 4) is 11.5 Å². The van der Waals surface area contributed by atoms with Crippen LogP contribution in [0.4, 0.5) is 0 Å². The number of carbonyl (C=O) groups excluding carboxylic acids is 1. The van der Waals surface area contributed by atoms with Crippen LogP contribution >= 0.6 is 0 Å². The highest BCUT2D eigenvalue weighted by Crippen LogP contribution is 2.60. The normalized spacial score (nSPS) is 26.5. The number of ether oxygens (including phenoxy) is 1. The van der Waals surface area contributed by atoms with Crippen LogP contribution in [0.1, 0.15) is 34.2 Å².